The van der Waals surface area contributed by atoms with E-state index < -0.39 is 11.7 Å². The highest BCUT2D eigenvalue weighted by molar-refractivity contribution is 5.58. The second-order valence-corrected chi connectivity index (χ2v) is 5.91. The summed E-state index contributed by atoms with van der Waals surface area (Å²) in [5.74, 6) is 1.66. The quantitative estimate of drug-likeness (QED) is 0.929. The fraction of sp³-hybridized carbons (Fsp3) is 0.412. The zero-order valence-corrected chi connectivity index (χ0v) is 12.5. The van der Waals surface area contributed by atoms with E-state index in [1.807, 2.05) is 6.07 Å². The van der Waals surface area contributed by atoms with Crippen LogP contribution in [-0.2, 0) is 12.7 Å². The molecule has 0 saturated carbocycles. The summed E-state index contributed by atoms with van der Waals surface area (Å²) in [4.78, 5) is 2.20. The summed E-state index contributed by atoms with van der Waals surface area (Å²) < 4.78 is 43.4. The first-order valence-corrected chi connectivity index (χ1v) is 7.55. The number of aliphatic hydroxyl groups excluding tert-OH is 1. The van der Waals surface area contributed by atoms with Crippen molar-refractivity contribution < 1.29 is 22.7 Å². The molecule has 0 radical (unpaired) electrons. The first-order valence-electron chi connectivity index (χ1n) is 7.55. The first kappa shape index (κ1) is 16.1. The van der Waals surface area contributed by atoms with Crippen LogP contribution in [0, 0.1) is 5.92 Å². The predicted octanol–water partition coefficient (Wildman–Crippen LogP) is 3.78. The highest BCUT2D eigenvalue weighted by atomic mass is 19.4. The van der Waals surface area contributed by atoms with Crippen LogP contribution in [0.15, 0.2) is 40.8 Å². The number of rotatable bonds is 4. The molecule has 1 aliphatic heterocycles. The third kappa shape index (κ3) is 3.76. The summed E-state index contributed by atoms with van der Waals surface area (Å²) in [6.07, 6.45) is -3.35. The number of likely N-dealkylation sites (tertiary alicyclic amines) is 1. The molecule has 124 valence electrons. The lowest BCUT2D eigenvalue weighted by Gasteiger charge is -2.13. The highest BCUT2D eigenvalue weighted by Gasteiger charge is 2.30. The lowest BCUT2D eigenvalue weighted by atomic mass is 10.1. The van der Waals surface area contributed by atoms with Crippen LogP contribution in [0.4, 0.5) is 13.2 Å². The Morgan fingerprint density at radius 3 is 2.48 bits per heavy atom. The van der Waals surface area contributed by atoms with Gasteiger partial charge in [0.25, 0.3) is 0 Å². The standard InChI is InChI=1S/C17H18F3NO2/c18-17(19,20)14-3-1-13(2-4-14)16-6-5-15(23-16)10-21-8-7-12(9-21)11-22/h1-6,12,22H,7-11H2. The van der Waals surface area contributed by atoms with Gasteiger partial charge in [0.05, 0.1) is 12.1 Å². The Morgan fingerprint density at radius 1 is 1.13 bits per heavy atom. The molecule has 2 heterocycles. The number of aliphatic hydroxyl groups is 1. The van der Waals surface area contributed by atoms with E-state index >= 15 is 0 Å². The van der Waals surface area contributed by atoms with Crippen molar-refractivity contribution in [3.63, 3.8) is 0 Å². The summed E-state index contributed by atoms with van der Waals surface area (Å²) in [6, 6.07) is 8.58. The summed E-state index contributed by atoms with van der Waals surface area (Å²) in [5, 5.41) is 9.15. The van der Waals surface area contributed by atoms with Gasteiger partial charge in [-0.15, -0.1) is 0 Å². The molecule has 1 fully saturated rings. The van der Waals surface area contributed by atoms with Gasteiger partial charge in [0, 0.05) is 18.7 Å². The van der Waals surface area contributed by atoms with Crippen LogP contribution >= 0.6 is 0 Å². The molecule has 1 N–H and O–H groups in total. The molecule has 1 saturated heterocycles. The second kappa shape index (κ2) is 6.37. The average molecular weight is 325 g/mol. The smallest absolute Gasteiger partial charge is 0.416 e. The molecule has 1 aromatic heterocycles. The predicted molar refractivity (Wildman–Crippen MR) is 79.6 cm³/mol. The molecule has 1 aromatic carbocycles. The van der Waals surface area contributed by atoms with Gasteiger partial charge in [-0.3, -0.25) is 4.90 Å². The minimum absolute atomic E-state index is 0.200. The Bertz CT molecular complexity index is 649. The summed E-state index contributed by atoms with van der Waals surface area (Å²) >= 11 is 0. The van der Waals surface area contributed by atoms with Crippen molar-refractivity contribution in [2.45, 2.75) is 19.1 Å². The van der Waals surface area contributed by atoms with Crippen molar-refractivity contribution in [1.29, 1.82) is 0 Å². The van der Waals surface area contributed by atoms with E-state index in [2.05, 4.69) is 4.90 Å². The van der Waals surface area contributed by atoms with Crippen molar-refractivity contribution in [3.8, 4) is 11.3 Å². The van der Waals surface area contributed by atoms with E-state index in [9.17, 15) is 13.2 Å². The lowest BCUT2D eigenvalue weighted by molar-refractivity contribution is -0.137. The summed E-state index contributed by atoms with van der Waals surface area (Å²) in [6.45, 7) is 2.61. The number of benzene rings is 1. The molecule has 3 nitrogen and oxygen atoms in total. The van der Waals surface area contributed by atoms with Gasteiger partial charge in [-0.05, 0) is 43.1 Å². The van der Waals surface area contributed by atoms with Gasteiger partial charge in [0.15, 0.2) is 0 Å². The maximum Gasteiger partial charge on any atom is 0.416 e. The van der Waals surface area contributed by atoms with Gasteiger partial charge in [-0.25, -0.2) is 0 Å². The summed E-state index contributed by atoms with van der Waals surface area (Å²) in [5.41, 5.74) is -0.0425. The lowest BCUT2D eigenvalue weighted by Crippen LogP contribution is -2.20. The summed E-state index contributed by atoms with van der Waals surface area (Å²) in [7, 11) is 0. The number of halogens is 3. The monoisotopic (exact) mass is 325 g/mol. The topological polar surface area (TPSA) is 36.6 Å². The number of nitrogens with zero attached hydrogens (tertiary/aromatic N) is 1. The minimum Gasteiger partial charge on any atom is -0.460 e. The van der Waals surface area contributed by atoms with Gasteiger partial charge >= 0.3 is 6.18 Å². The molecule has 1 aliphatic rings. The number of furan rings is 1. The Balaban J connectivity index is 1.67. The van der Waals surface area contributed by atoms with E-state index in [1.54, 1.807) is 6.07 Å². The van der Waals surface area contributed by atoms with Gasteiger partial charge in [0.1, 0.15) is 11.5 Å². The molecule has 2 aromatic rings. The number of alkyl halides is 3. The van der Waals surface area contributed by atoms with Crippen LogP contribution < -0.4 is 0 Å². The number of hydrogen-bond acceptors (Lipinski definition) is 3. The van der Waals surface area contributed by atoms with Gasteiger partial charge in [0.2, 0.25) is 0 Å². The third-order valence-electron chi connectivity index (χ3n) is 4.17. The van der Waals surface area contributed by atoms with Crippen LogP contribution in [0.5, 0.6) is 0 Å². The van der Waals surface area contributed by atoms with Crippen LogP contribution in [0.1, 0.15) is 17.7 Å². The maximum absolute atomic E-state index is 12.6. The average Bonchev–Trinajstić information content (AvgIpc) is 3.16. The molecule has 0 bridgehead atoms. The molecule has 6 heteroatoms. The van der Waals surface area contributed by atoms with Crippen molar-refractivity contribution in [1.82, 2.24) is 4.90 Å². The van der Waals surface area contributed by atoms with E-state index in [0.717, 1.165) is 37.4 Å². The molecule has 0 amide bonds. The SMILES string of the molecule is OCC1CCN(Cc2ccc(-c3ccc(C(F)(F)F)cc3)o2)C1. The van der Waals surface area contributed by atoms with Crippen LogP contribution in [-0.4, -0.2) is 29.7 Å². The fourth-order valence-electron chi connectivity index (χ4n) is 2.87. The van der Waals surface area contributed by atoms with Gasteiger partial charge < -0.3 is 9.52 Å². The maximum atomic E-state index is 12.6. The molecule has 0 spiro atoms. The molecule has 23 heavy (non-hydrogen) atoms. The molecule has 1 unspecified atom stereocenters. The van der Waals surface area contributed by atoms with Crippen LogP contribution in [0.2, 0.25) is 0 Å². The Labute approximate surface area is 132 Å². The molecule has 3 rings (SSSR count). The molecule has 0 aliphatic carbocycles. The van der Waals surface area contributed by atoms with E-state index in [0.29, 0.717) is 23.8 Å². The van der Waals surface area contributed by atoms with E-state index in [-0.39, 0.29) is 6.61 Å². The Kier molecular flexibility index (Phi) is 4.46. The largest absolute Gasteiger partial charge is 0.460 e. The van der Waals surface area contributed by atoms with Gasteiger partial charge in [-0.1, -0.05) is 12.1 Å². The number of hydrogen-bond donors (Lipinski definition) is 1. The van der Waals surface area contributed by atoms with E-state index in [4.69, 9.17) is 9.52 Å². The van der Waals surface area contributed by atoms with E-state index in [1.165, 1.54) is 12.1 Å². The van der Waals surface area contributed by atoms with Crippen LogP contribution in [0.25, 0.3) is 11.3 Å². The Morgan fingerprint density at radius 2 is 1.87 bits per heavy atom. The molecular weight excluding hydrogens is 307 g/mol. The Hall–Kier alpha value is -1.79. The van der Waals surface area contributed by atoms with Crippen molar-refractivity contribution in [2.24, 2.45) is 5.92 Å². The molecule has 1 atom stereocenters. The van der Waals surface area contributed by atoms with Crippen molar-refractivity contribution in [3.05, 3.63) is 47.7 Å². The molecular formula is C17H18F3NO2. The van der Waals surface area contributed by atoms with Crippen molar-refractivity contribution in [2.75, 3.05) is 19.7 Å². The van der Waals surface area contributed by atoms with Crippen molar-refractivity contribution >= 4 is 0 Å². The van der Waals surface area contributed by atoms with Gasteiger partial charge in [-0.2, -0.15) is 13.2 Å². The second-order valence-electron chi connectivity index (χ2n) is 5.91. The fourth-order valence-corrected chi connectivity index (χ4v) is 2.87. The highest BCUT2D eigenvalue weighted by Crippen LogP contribution is 2.31. The third-order valence-corrected chi connectivity index (χ3v) is 4.17. The normalized spacial score (nSPS) is 19.4. The van der Waals surface area contributed by atoms with Crippen LogP contribution in [0.3, 0.4) is 0 Å². The first-order chi connectivity index (χ1) is 11.0. The minimum atomic E-state index is -4.33. The zero-order chi connectivity index (χ0) is 16.4. The zero-order valence-electron chi connectivity index (χ0n) is 12.5.